The zero-order valence-electron chi connectivity index (χ0n) is 8.03. The molecule has 6 heteroatoms. The third-order valence-electron chi connectivity index (χ3n) is 1.11. The number of imide groups is 1. The van der Waals surface area contributed by atoms with E-state index in [0.717, 1.165) is 18.7 Å². The molecule has 0 fully saturated rings. The van der Waals surface area contributed by atoms with Crippen LogP contribution in [0, 0.1) is 0 Å². The van der Waals surface area contributed by atoms with Crippen molar-refractivity contribution in [3.8, 4) is 0 Å². The topological polar surface area (TPSA) is 66.9 Å². The molecule has 0 aliphatic heterocycles. The van der Waals surface area contributed by atoms with Crippen molar-refractivity contribution in [2.75, 3.05) is 14.1 Å². The average molecular weight is 188 g/mol. The predicted octanol–water partition coefficient (Wildman–Crippen LogP) is -0.00540. The molecular formula is C7H12N2O4. The summed E-state index contributed by atoms with van der Waals surface area (Å²) in [7, 11) is 2.89. The Morgan fingerprint density at radius 1 is 1.00 bits per heavy atom. The minimum atomic E-state index is -0.773. The van der Waals surface area contributed by atoms with Crippen molar-refractivity contribution in [3.05, 3.63) is 0 Å². The van der Waals surface area contributed by atoms with E-state index < -0.39 is 17.9 Å². The van der Waals surface area contributed by atoms with Crippen LogP contribution in [0.25, 0.3) is 0 Å². The first-order valence-electron chi connectivity index (χ1n) is 3.56. The van der Waals surface area contributed by atoms with Crippen LogP contribution in [0.15, 0.2) is 0 Å². The van der Waals surface area contributed by atoms with Crippen molar-refractivity contribution in [2.24, 2.45) is 0 Å². The largest absolute Gasteiger partial charge is 0.434 e. The minimum absolute atomic E-state index is 0.405. The molecule has 0 heterocycles. The molecule has 3 amide bonds. The van der Waals surface area contributed by atoms with Crippen LogP contribution in [0.1, 0.15) is 13.8 Å². The summed E-state index contributed by atoms with van der Waals surface area (Å²) in [6, 6.07) is 0. The van der Waals surface area contributed by atoms with E-state index >= 15 is 0 Å². The van der Waals surface area contributed by atoms with Crippen LogP contribution in [0.3, 0.4) is 0 Å². The second kappa shape index (κ2) is 4.44. The number of carbonyl (C=O) groups excluding carboxylic acids is 3. The summed E-state index contributed by atoms with van der Waals surface area (Å²) in [4.78, 5) is 38.0. The highest BCUT2D eigenvalue weighted by atomic mass is 16.7. The van der Waals surface area contributed by atoms with Crippen LogP contribution in [-0.2, 0) is 14.4 Å². The lowest BCUT2D eigenvalue weighted by atomic mass is 10.6. The highest BCUT2D eigenvalue weighted by Gasteiger charge is 2.20. The third-order valence-corrected chi connectivity index (χ3v) is 1.11. The van der Waals surface area contributed by atoms with Crippen LogP contribution in [0.2, 0.25) is 0 Å². The SMILES string of the molecule is CC(=O)N(OC(=O)N(C)C)C(C)=O. The molecule has 0 unspecified atom stereocenters. The molecule has 0 bridgehead atoms. The summed E-state index contributed by atoms with van der Waals surface area (Å²) >= 11 is 0. The first-order valence-corrected chi connectivity index (χ1v) is 3.56. The Balaban J connectivity index is 4.36. The number of nitrogens with zero attached hydrogens (tertiary/aromatic N) is 2. The first-order chi connectivity index (χ1) is 5.86. The lowest BCUT2D eigenvalue weighted by Crippen LogP contribution is -2.39. The van der Waals surface area contributed by atoms with Gasteiger partial charge in [-0.15, -0.1) is 5.06 Å². The maximum absolute atomic E-state index is 10.9. The Labute approximate surface area is 76.0 Å². The molecule has 0 atom stereocenters. The van der Waals surface area contributed by atoms with Crippen molar-refractivity contribution < 1.29 is 19.2 Å². The maximum atomic E-state index is 10.9. The fourth-order valence-corrected chi connectivity index (χ4v) is 0.510. The fourth-order valence-electron chi connectivity index (χ4n) is 0.510. The Hall–Kier alpha value is -1.59. The molecular weight excluding hydrogens is 176 g/mol. The number of carbonyl (C=O) groups is 3. The smallest absolute Gasteiger partial charge is 0.312 e. The molecule has 0 aromatic heterocycles. The Kier molecular flexibility index (Phi) is 3.90. The normalized spacial score (nSPS) is 8.92. The molecule has 0 aliphatic rings. The van der Waals surface area contributed by atoms with Gasteiger partial charge < -0.3 is 9.74 Å². The van der Waals surface area contributed by atoms with Crippen molar-refractivity contribution >= 4 is 17.9 Å². The molecule has 0 aromatic rings. The van der Waals surface area contributed by atoms with Crippen LogP contribution in [0.4, 0.5) is 4.79 Å². The average Bonchev–Trinajstić information content (AvgIpc) is 1.97. The van der Waals surface area contributed by atoms with E-state index in [1.165, 1.54) is 14.1 Å². The summed E-state index contributed by atoms with van der Waals surface area (Å²) in [5.41, 5.74) is 0. The highest BCUT2D eigenvalue weighted by Crippen LogP contribution is 1.96. The van der Waals surface area contributed by atoms with E-state index in [4.69, 9.17) is 0 Å². The molecule has 0 aromatic carbocycles. The second-order valence-electron chi connectivity index (χ2n) is 2.58. The number of rotatable bonds is 0. The summed E-state index contributed by atoms with van der Waals surface area (Å²) in [5, 5.41) is 0.405. The van der Waals surface area contributed by atoms with Gasteiger partial charge in [-0.05, 0) is 0 Å². The molecule has 0 spiro atoms. The van der Waals surface area contributed by atoms with Gasteiger partial charge in [0.1, 0.15) is 0 Å². The molecule has 13 heavy (non-hydrogen) atoms. The zero-order valence-corrected chi connectivity index (χ0v) is 8.03. The third kappa shape index (κ3) is 3.55. The first kappa shape index (κ1) is 11.4. The van der Waals surface area contributed by atoms with E-state index in [1.54, 1.807) is 0 Å². The van der Waals surface area contributed by atoms with Crippen LogP contribution >= 0.6 is 0 Å². The molecule has 74 valence electrons. The molecule has 0 rings (SSSR count). The van der Waals surface area contributed by atoms with Crippen LogP contribution in [0.5, 0.6) is 0 Å². The van der Waals surface area contributed by atoms with Crippen molar-refractivity contribution in [2.45, 2.75) is 13.8 Å². The Morgan fingerprint density at radius 2 is 1.38 bits per heavy atom. The number of hydrogen-bond acceptors (Lipinski definition) is 4. The van der Waals surface area contributed by atoms with E-state index in [-0.39, 0.29) is 0 Å². The zero-order chi connectivity index (χ0) is 10.6. The summed E-state index contributed by atoms with van der Waals surface area (Å²) in [5.74, 6) is -1.27. The number of hydroxylamine groups is 2. The maximum Gasteiger partial charge on any atom is 0.434 e. The van der Waals surface area contributed by atoms with Crippen molar-refractivity contribution in [3.63, 3.8) is 0 Å². The van der Waals surface area contributed by atoms with Crippen molar-refractivity contribution in [1.82, 2.24) is 9.96 Å². The van der Waals surface area contributed by atoms with Gasteiger partial charge in [0.05, 0.1) is 0 Å². The monoisotopic (exact) mass is 188 g/mol. The number of hydrogen-bond donors (Lipinski definition) is 0. The van der Waals surface area contributed by atoms with E-state index in [0.29, 0.717) is 5.06 Å². The molecule has 0 saturated carbocycles. The predicted molar refractivity (Wildman–Crippen MR) is 43.4 cm³/mol. The van der Waals surface area contributed by atoms with Gasteiger partial charge >= 0.3 is 6.09 Å². The van der Waals surface area contributed by atoms with Crippen LogP contribution < -0.4 is 0 Å². The molecule has 0 radical (unpaired) electrons. The van der Waals surface area contributed by atoms with E-state index in [9.17, 15) is 14.4 Å². The second-order valence-corrected chi connectivity index (χ2v) is 2.58. The van der Waals surface area contributed by atoms with Gasteiger partial charge in [0.2, 0.25) is 0 Å². The standard InChI is InChI=1S/C7H12N2O4/c1-5(10)9(6(2)11)13-7(12)8(3)4/h1-4H3. The molecule has 6 nitrogen and oxygen atoms in total. The van der Waals surface area contributed by atoms with Gasteiger partial charge in [0, 0.05) is 27.9 Å². The lowest BCUT2D eigenvalue weighted by molar-refractivity contribution is -0.177. The van der Waals surface area contributed by atoms with Crippen LogP contribution in [-0.4, -0.2) is 42.0 Å². The van der Waals surface area contributed by atoms with Gasteiger partial charge in [-0.3, -0.25) is 9.59 Å². The van der Waals surface area contributed by atoms with Gasteiger partial charge in [0.15, 0.2) is 0 Å². The van der Waals surface area contributed by atoms with Gasteiger partial charge in [-0.2, -0.15) is 0 Å². The van der Waals surface area contributed by atoms with E-state index in [2.05, 4.69) is 4.84 Å². The molecule has 0 saturated heterocycles. The van der Waals surface area contributed by atoms with Crippen molar-refractivity contribution in [1.29, 1.82) is 0 Å². The number of amides is 3. The highest BCUT2D eigenvalue weighted by molar-refractivity contribution is 5.92. The summed E-state index contributed by atoms with van der Waals surface area (Å²) in [6.07, 6.45) is -0.773. The summed E-state index contributed by atoms with van der Waals surface area (Å²) in [6.45, 7) is 2.26. The van der Waals surface area contributed by atoms with Gasteiger partial charge in [-0.25, -0.2) is 4.79 Å². The molecule has 0 aliphatic carbocycles. The van der Waals surface area contributed by atoms with Gasteiger partial charge in [-0.1, -0.05) is 0 Å². The minimum Gasteiger partial charge on any atom is -0.312 e. The Morgan fingerprint density at radius 3 is 1.62 bits per heavy atom. The summed E-state index contributed by atoms with van der Waals surface area (Å²) < 4.78 is 0. The Bertz CT molecular complexity index is 223. The molecule has 0 N–H and O–H groups in total. The van der Waals surface area contributed by atoms with E-state index in [1.807, 2.05) is 0 Å². The quantitative estimate of drug-likeness (QED) is 0.501. The van der Waals surface area contributed by atoms with Gasteiger partial charge in [0.25, 0.3) is 11.8 Å². The lowest BCUT2D eigenvalue weighted by Gasteiger charge is -2.18. The fraction of sp³-hybridized carbons (Fsp3) is 0.571.